The first kappa shape index (κ1) is 18.0. The van der Waals surface area contributed by atoms with Crippen LogP contribution in [-0.2, 0) is 10.0 Å². The van der Waals surface area contributed by atoms with Crippen LogP contribution in [0.25, 0.3) is 0 Å². The van der Waals surface area contributed by atoms with E-state index >= 15 is 0 Å². The lowest BCUT2D eigenvalue weighted by molar-refractivity contribution is 0.0953. The molecule has 0 aliphatic carbocycles. The van der Waals surface area contributed by atoms with E-state index in [0.717, 1.165) is 12.0 Å². The molecule has 128 valence electrons. The van der Waals surface area contributed by atoms with Gasteiger partial charge in [0.05, 0.1) is 4.90 Å². The van der Waals surface area contributed by atoms with Crippen molar-refractivity contribution in [3.8, 4) is 0 Å². The van der Waals surface area contributed by atoms with Gasteiger partial charge in [-0.25, -0.2) is 8.42 Å². The molecular weight excluding hydrogens is 324 g/mol. The zero-order valence-corrected chi connectivity index (χ0v) is 14.9. The summed E-state index contributed by atoms with van der Waals surface area (Å²) in [4.78, 5) is 12.2. The van der Waals surface area contributed by atoms with Gasteiger partial charge in [-0.15, -0.1) is 0 Å². The van der Waals surface area contributed by atoms with E-state index in [4.69, 9.17) is 0 Å². The molecule has 2 aromatic carbocycles. The Kier molecular flexibility index (Phi) is 5.62. The summed E-state index contributed by atoms with van der Waals surface area (Å²) in [7, 11) is -3.76. The maximum atomic E-state index is 12.7. The average molecular weight is 346 g/mol. The van der Waals surface area contributed by atoms with Gasteiger partial charge < -0.3 is 5.32 Å². The number of carbonyl (C=O) groups excluding carboxylic acids is 1. The Labute approximate surface area is 143 Å². The summed E-state index contributed by atoms with van der Waals surface area (Å²) >= 11 is 0. The third kappa shape index (κ3) is 4.35. The lowest BCUT2D eigenvalue weighted by Gasteiger charge is -2.12. The van der Waals surface area contributed by atoms with Crippen LogP contribution in [0.1, 0.15) is 34.8 Å². The summed E-state index contributed by atoms with van der Waals surface area (Å²) in [5, 5.41) is 2.75. The third-order valence-electron chi connectivity index (χ3n) is 3.58. The molecule has 24 heavy (non-hydrogen) atoms. The zero-order chi connectivity index (χ0) is 17.7. The molecule has 2 aromatic rings. The van der Waals surface area contributed by atoms with E-state index in [0.29, 0.717) is 23.4 Å². The van der Waals surface area contributed by atoms with Gasteiger partial charge >= 0.3 is 0 Å². The minimum Gasteiger partial charge on any atom is -0.352 e. The highest BCUT2D eigenvalue weighted by Gasteiger charge is 2.19. The van der Waals surface area contributed by atoms with Crippen molar-refractivity contribution in [1.82, 2.24) is 5.32 Å². The van der Waals surface area contributed by atoms with Crippen LogP contribution in [-0.4, -0.2) is 20.9 Å². The summed E-state index contributed by atoms with van der Waals surface area (Å²) in [6, 6.07) is 11.8. The minimum absolute atomic E-state index is 0.104. The molecule has 0 heterocycles. The fourth-order valence-electron chi connectivity index (χ4n) is 2.20. The van der Waals surface area contributed by atoms with Gasteiger partial charge in [0.15, 0.2) is 0 Å². The Balaban J connectivity index is 2.31. The summed E-state index contributed by atoms with van der Waals surface area (Å²) in [6.45, 7) is 6.14. The van der Waals surface area contributed by atoms with E-state index in [9.17, 15) is 13.2 Å². The third-order valence-corrected chi connectivity index (χ3v) is 5.10. The highest BCUT2D eigenvalue weighted by molar-refractivity contribution is 7.92. The molecule has 1 amide bonds. The molecule has 2 rings (SSSR count). The summed E-state index contributed by atoms with van der Waals surface area (Å²) in [6.07, 6.45) is 0.817. The monoisotopic (exact) mass is 346 g/mol. The fourth-order valence-corrected chi connectivity index (χ4v) is 3.53. The molecule has 6 heteroatoms. The van der Waals surface area contributed by atoms with Gasteiger partial charge in [-0.3, -0.25) is 9.52 Å². The van der Waals surface area contributed by atoms with Crippen LogP contribution in [0.4, 0.5) is 5.69 Å². The van der Waals surface area contributed by atoms with Gasteiger partial charge in [-0.05, 0) is 50.1 Å². The van der Waals surface area contributed by atoms with Crippen LogP contribution >= 0.6 is 0 Å². The number of carbonyl (C=O) groups is 1. The first-order valence-corrected chi connectivity index (χ1v) is 9.30. The molecule has 0 aromatic heterocycles. The molecular formula is C18H22N2O3S. The predicted octanol–water partition coefficient (Wildman–Crippen LogP) is 3.24. The van der Waals surface area contributed by atoms with Crippen molar-refractivity contribution >= 4 is 21.6 Å². The van der Waals surface area contributed by atoms with E-state index < -0.39 is 10.0 Å². The zero-order valence-electron chi connectivity index (χ0n) is 14.1. The van der Waals surface area contributed by atoms with Crippen molar-refractivity contribution in [3.63, 3.8) is 0 Å². The number of anilines is 1. The Bertz CT molecular complexity index is 828. The van der Waals surface area contributed by atoms with Crippen LogP contribution in [0.2, 0.25) is 0 Å². The number of hydrogen-bond acceptors (Lipinski definition) is 3. The van der Waals surface area contributed by atoms with Gasteiger partial charge in [0.25, 0.3) is 15.9 Å². The number of nitrogens with one attached hydrogen (secondary N) is 2. The highest BCUT2D eigenvalue weighted by atomic mass is 32.2. The predicted molar refractivity (Wildman–Crippen MR) is 95.8 cm³/mol. The number of sulfonamides is 1. The summed E-state index contributed by atoms with van der Waals surface area (Å²) in [5.41, 5.74) is 2.45. The average Bonchev–Trinajstić information content (AvgIpc) is 2.54. The van der Waals surface area contributed by atoms with Gasteiger partial charge in [0, 0.05) is 17.8 Å². The van der Waals surface area contributed by atoms with Crippen molar-refractivity contribution < 1.29 is 13.2 Å². The summed E-state index contributed by atoms with van der Waals surface area (Å²) < 4.78 is 27.9. The Morgan fingerprint density at radius 3 is 2.33 bits per heavy atom. The molecule has 0 spiro atoms. The van der Waals surface area contributed by atoms with Gasteiger partial charge in [-0.1, -0.05) is 30.7 Å². The van der Waals surface area contributed by atoms with E-state index in [1.165, 1.54) is 6.07 Å². The SMILES string of the molecule is CCCNC(=O)c1ccc(C)c(S(=O)(=O)Nc2ccc(C)cc2)c1. The Hall–Kier alpha value is -2.34. The highest BCUT2D eigenvalue weighted by Crippen LogP contribution is 2.21. The smallest absolute Gasteiger partial charge is 0.262 e. The Morgan fingerprint density at radius 2 is 1.71 bits per heavy atom. The molecule has 5 nitrogen and oxygen atoms in total. The summed E-state index contributed by atoms with van der Waals surface area (Å²) in [5.74, 6) is -0.274. The second-order valence-electron chi connectivity index (χ2n) is 5.71. The topological polar surface area (TPSA) is 75.3 Å². The number of hydrogen-bond donors (Lipinski definition) is 2. The maximum absolute atomic E-state index is 12.7. The first-order valence-electron chi connectivity index (χ1n) is 7.82. The van der Waals surface area contributed by atoms with Crippen LogP contribution in [0.3, 0.4) is 0 Å². The van der Waals surface area contributed by atoms with Crippen LogP contribution < -0.4 is 10.0 Å². The quantitative estimate of drug-likeness (QED) is 0.843. The lowest BCUT2D eigenvalue weighted by atomic mass is 10.1. The molecule has 0 aliphatic heterocycles. The molecule has 0 saturated carbocycles. The van der Waals surface area contributed by atoms with E-state index in [2.05, 4.69) is 10.0 Å². The molecule has 0 aliphatic rings. The lowest BCUT2D eigenvalue weighted by Crippen LogP contribution is -2.24. The van der Waals surface area contributed by atoms with Crippen molar-refractivity contribution in [3.05, 3.63) is 59.2 Å². The van der Waals surface area contributed by atoms with E-state index in [1.807, 2.05) is 26.0 Å². The minimum atomic E-state index is -3.76. The second kappa shape index (κ2) is 7.49. The van der Waals surface area contributed by atoms with Crippen molar-refractivity contribution in [1.29, 1.82) is 0 Å². The van der Waals surface area contributed by atoms with Crippen molar-refractivity contribution in [2.45, 2.75) is 32.1 Å². The van der Waals surface area contributed by atoms with Gasteiger partial charge in [0.2, 0.25) is 0 Å². The van der Waals surface area contributed by atoms with Gasteiger partial charge in [0.1, 0.15) is 0 Å². The van der Waals surface area contributed by atoms with Crippen LogP contribution in [0.5, 0.6) is 0 Å². The molecule has 0 saturated heterocycles. The van der Waals surface area contributed by atoms with Gasteiger partial charge in [-0.2, -0.15) is 0 Å². The number of rotatable bonds is 6. The molecule has 0 fully saturated rings. The molecule has 0 unspecified atom stereocenters. The number of aryl methyl sites for hydroxylation is 2. The fraction of sp³-hybridized carbons (Fsp3) is 0.278. The Morgan fingerprint density at radius 1 is 1.04 bits per heavy atom. The second-order valence-corrected chi connectivity index (χ2v) is 7.36. The number of benzene rings is 2. The van der Waals surface area contributed by atoms with E-state index in [-0.39, 0.29) is 10.8 Å². The van der Waals surface area contributed by atoms with Crippen molar-refractivity contribution in [2.75, 3.05) is 11.3 Å². The number of amides is 1. The largest absolute Gasteiger partial charge is 0.352 e. The van der Waals surface area contributed by atoms with Crippen LogP contribution in [0, 0.1) is 13.8 Å². The molecule has 0 atom stereocenters. The van der Waals surface area contributed by atoms with Crippen LogP contribution in [0.15, 0.2) is 47.4 Å². The molecule has 0 bridgehead atoms. The standard InChI is InChI=1S/C18H22N2O3S/c1-4-11-19-18(21)15-8-7-14(3)17(12-15)24(22,23)20-16-9-5-13(2)6-10-16/h5-10,12,20H,4,11H2,1-3H3,(H,19,21). The van der Waals surface area contributed by atoms with E-state index in [1.54, 1.807) is 31.2 Å². The normalized spacial score (nSPS) is 11.1. The molecule has 2 N–H and O–H groups in total. The maximum Gasteiger partial charge on any atom is 0.262 e. The molecule has 0 radical (unpaired) electrons. The first-order chi connectivity index (χ1) is 11.3. The van der Waals surface area contributed by atoms with Crippen molar-refractivity contribution in [2.24, 2.45) is 0 Å².